The first-order valence-corrected chi connectivity index (χ1v) is 15.6. The Morgan fingerprint density at radius 2 is 1.63 bits per heavy atom. The van der Waals surface area contributed by atoms with Crippen LogP contribution in [0.1, 0.15) is 50.7 Å². The van der Waals surface area contributed by atoms with Crippen LogP contribution in [0.15, 0.2) is 83.8 Å². The largest absolute Gasteiger partial charge is 0.497 e. The fourth-order valence-electron chi connectivity index (χ4n) is 5.09. The summed E-state index contributed by atoms with van der Waals surface area (Å²) >= 11 is 0. The second-order valence-corrected chi connectivity index (χ2v) is 12.2. The SMILES string of the molecule is CCc1ccc(N(CC(=O)N(Cc2cccc(OC)c2)C(C)C(=O)NC2CCCC2)S(=O)(=O)c2ccccc2)cc1. The van der Waals surface area contributed by atoms with Gasteiger partial charge in [0, 0.05) is 12.6 Å². The Hall–Kier alpha value is -3.85. The van der Waals surface area contributed by atoms with Gasteiger partial charge in [0.25, 0.3) is 10.0 Å². The van der Waals surface area contributed by atoms with Crippen LogP contribution >= 0.6 is 0 Å². The highest BCUT2D eigenvalue weighted by molar-refractivity contribution is 7.92. The highest BCUT2D eigenvalue weighted by Crippen LogP contribution is 2.26. The molecule has 8 nitrogen and oxygen atoms in total. The number of rotatable bonds is 12. The highest BCUT2D eigenvalue weighted by Gasteiger charge is 2.33. The van der Waals surface area contributed by atoms with Crippen molar-refractivity contribution in [2.24, 2.45) is 0 Å². The summed E-state index contributed by atoms with van der Waals surface area (Å²) in [5, 5.41) is 3.09. The van der Waals surface area contributed by atoms with Gasteiger partial charge in [-0.1, -0.05) is 62.2 Å². The van der Waals surface area contributed by atoms with E-state index in [0.29, 0.717) is 11.4 Å². The number of hydrogen-bond acceptors (Lipinski definition) is 5. The molecule has 2 amide bonds. The lowest BCUT2D eigenvalue weighted by Crippen LogP contribution is -2.52. The second kappa shape index (κ2) is 13.7. The van der Waals surface area contributed by atoms with E-state index >= 15 is 0 Å². The number of nitrogens with zero attached hydrogens (tertiary/aromatic N) is 2. The Bertz CT molecular complexity index is 1420. The van der Waals surface area contributed by atoms with Crippen LogP contribution in [-0.4, -0.2) is 50.9 Å². The smallest absolute Gasteiger partial charge is 0.264 e. The lowest BCUT2D eigenvalue weighted by atomic mass is 10.1. The molecule has 0 aliphatic heterocycles. The predicted octanol–water partition coefficient (Wildman–Crippen LogP) is 4.93. The zero-order valence-corrected chi connectivity index (χ0v) is 24.8. The molecule has 0 aromatic heterocycles. The van der Waals surface area contributed by atoms with Crippen molar-refractivity contribution < 1.29 is 22.7 Å². The van der Waals surface area contributed by atoms with Crippen LogP contribution in [-0.2, 0) is 32.6 Å². The zero-order chi connectivity index (χ0) is 29.4. The number of methoxy groups -OCH3 is 1. The van der Waals surface area contributed by atoms with Gasteiger partial charge in [0.2, 0.25) is 11.8 Å². The number of anilines is 1. The molecule has 1 aliphatic rings. The molecule has 1 saturated carbocycles. The second-order valence-electron chi connectivity index (χ2n) is 10.4. The van der Waals surface area contributed by atoms with Crippen LogP contribution in [0.25, 0.3) is 0 Å². The quantitative estimate of drug-likeness (QED) is 0.329. The van der Waals surface area contributed by atoms with Crippen LogP contribution in [0.3, 0.4) is 0 Å². The fourth-order valence-corrected chi connectivity index (χ4v) is 6.52. The van der Waals surface area contributed by atoms with Crippen molar-refractivity contribution in [2.75, 3.05) is 18.0 Å². The van der Waals surface area contributed by atoms with E-state index in [2.05, 4.69) is 5.32 Å². The fraction of sp³-hybridized carbons (Fsp3) is 0.375. The topological polar surface area (TPSA) is 96.0 Å². The van der Waals surface area contributed by atoms with E-state index in [4.69, 9.17) is 4.74 Å². The standard InChI is InChI=1S/C32H39N3O5S/c1-4-25-17-19-28(20-18-25)35(41(38,39)30-15-6-5-7-16-30)23-31(36)34(22-26-11-10-14-29(21-26)40-3)24(2)32(37)33-27-12-8-9-13-27/h5-7,10-11,14-21,24,27H,4,8-9,12-13,22-23H2,1-3H3,(H,33,37). The number of amides is 2. The number of carbonyl (C=O) groups excluding carboxylic acids is 2. The number of nitrogens with one attached hydrogen (secondary N) is 1. The molecule has 9 heteroatoms. The van der Waals surface area contributed by atoms with E-state index in [0.717, 1.165) is 47.5 Å². The maximum atomic E-state index is 14.1. The van der Waals surface area contributed by atoms with Gasteiger partial charge < -0.3 is 15.0 Å². The summed E-state index contributed by atoms with van der Waals surface area (Å²) in [6.45, 7) is 3.36. The van der Waals surface area contributed by atoms with E-state index in [-0.39, 0.29) is 23.4 Å². The van der Waals surface area contributed by atoms with Crippen molar-refractivity contribution in [1.82, 2.24) is 10.2 Å². The Labute approximate surface area is 243 Å². The number of sulfonamides is 1. The normalized spacial score (nSPS) is 14.3. The minimum Gasteiger partial charge on any atom is -0.497 e. The Morgan fingerprint density at radius 1 is 0.951 bits per heavy atom. The van der Waals surface area contributed by atoms with E-state index in [9.17, 15) is 18.0 Å². The maximum absolute atomic E-state index is 14.1. The molecular formula is C32H39N3O5S. The summed E-state index contributed by atoms with van der Waals surface area (Å²) in [6.07, 6.45) is 4.76. The van der Waals surface area contributed by atoms with Crippen LogP contribution in [0, 0.1) is 0 Å². The molecule has 1 unspecified atom stereocenters. The van der Waals surface area contributed by atoms with Gasteiger partial charge >= 0.3 is 0 Å². The molecule has 0 saturated heterocycles. The predicted molar refractivity (Wildman–Crippen MR) is 160 cm³/mol. The van der Waals surface area contributed by atoms with Gasteiger partial charge in [-0.05, 0) is 73.7 Å². The molecule has 4 rings (SSSR count). The summed E-state index contributed by atoms with van der Waals surface area (Å²) in [6, 6.07) is 21.8. The van der Waals surface area contributed by atoms with Gasteiger partial charge in [-0.25, -0.2) is 8.42 Å². The maximum Gasteiger partial charge on any atom is 0.264 e. The minimum atomic E-state index is -4.09. The first kappa shape index (κ1) is 30.1. The minimum absolute atomic E-state index is 0.0822. The van der Waals surface area contributed by atoms with Crippen LogP contribution in [0.4, 0.5) is 5.69 Å². The van der Waals surface area contributed by atoms with Crippen LogP contribution in [0.5, 0.6) is 5.75 Å². The van der Waals surface area contributed by atoms with Crippen molar-refractivity contribution in [3.8, 4) is 5.75 Å². The lowest BCUT2D eigenvalue weighted by Gasteiger charge is -2.32. The van der Waals surface area contributed by atoms with Gasteiger partial charge in [-0.2, -0.15) is 0 Å². The molecule has 1 fully saturated rings. The average molecular weight is 578 g/mol. The van der Waals surface area contributed by atoms with Gasteiger partial charge in [-0.15, -0.1) is 0 Å². The third kappa shape index (κ3) is 7.47. The van der Waals surface area contributed by atoms with Gasteiger partial charge in [-0.3, -0.25) is 13.9 Å². The summed E-state index contributed by atoms with van der Waals surface area (Å²) in [4.78, 5) is 29.0. The van der Waals surface area contributed by atoms with Crippen molar-refractivity contribution in [3.05, 3.63) is 90.0 Å². The van der Waals surface area contributed by atoms with Crippen molar-refractivity contribution in [3.63, 3.8) is 0 Å². The lowest BCUT2D eigenvalue weighted by molar-refractivity contribution is -0.139. The third-order valence-electron chi connectivity index (χ3n) is 7.60. The molecule has 218 valence electrons. The molecule has 1 aliphatic carbocycles. The Morgan fingerprint density at radius 3 is 2.27 bits per heavy atom. The molecule has 41 heavy (non-hydrogen) atoms. The third-order valence-corrected chi connectivity index (χ3v) is 9.39. The Balaban J connectivity index is 1.68. The zero-order valence-electron chi connectivity index (χ0n) is 24.0. The summed E-state index contributed by atoms with van der Waals surface area (Å²) < 4.78 is 34.2. The van der Waals surface area contributed by atoms with Gasteiger partial charge in [0.05, 0.1) is 17.7 Å². The summed E-state index contributed by atoms with van der Waals surface area (Å²) in [7, 11) is -2.52. The summed E-state index contributed by atoms with van der Waals surface area (Å²) in [5.41, 5.74) is 2.20. The number of ether oxygens (including phenoxy) is 1. The average Bonchev–Trinajstić information content (AvgIpc) is 3.51. The van der Waals surface area contributed by atoms with Crippen LogP contribution < -0.4 is 14.4 Å². The molecule has 1 atom stereocenters. The highest BCUT2D eigenvalue weighted by atomic mass is 32.2. The van der Waals surface area contributed by atoms with E-state index < -0.39 is 28.5 Å². The van der Waals surface area contributed by atoms with Crippen molar-refractivity contribution in [2.45, 2.75) is 69.5 Å². The summed E-state index contributed by atoms with van der Waals surface area (Å²) in [5.74, 6) is -0.110. The van der Waals surface area contributed by atoms with Crippen molar-refractivity contribution >= 4 is 27.5 Å². The molecular weight excluding hydrogens is 538 g/mol. The molecule has 3 aromatic carbocycles. The molecule has 0 spiro atoms. The van der Waals surface area contributed by atoms with Gasteiger partial charge in [0.1, 0.15) is 18.3 Å². The molecule has 3 aromatic rings. The first-order valence-electron chi connectivity index (χ1n) is 14.1. The molecule has 0 radical (unpaired) electrons. The van der Waals surface area contributed by atoms with E-state index in [1.807, 2.05) is 37.3 Å². The number of carbonyl (C=O) groups is 2. The van der Waals surface area contributed by atoms with Crippen molar-refractivity contribution in [1.29, 1.82) is 0 Å². The first-order chi connectivity index (χ1) is 19.7. The van der Waals surface area contributed by atoms with E-state index in [1.165, 1.54) is 17.0 Å². The molecule has 1 N–H and O–H groups in total. The molecule has 0 bridgehead atoms. The van der Waals surface area contributed by atoms with E-state index in [1.54, 1.807) is 50.4 Å². The number of hydrogen-bond donors (Lipinski definition) is 1. The number of benzene rings is 3. The molecule has 0 heterocycles. The monoisotopic (exact) mass is 577 g/mol. The number of aryl methyl sites for hydroxylation is 1. The van der Waals surface area contributed by atoms with Crippen LogP contribution in [0.2, 0.25) is 0 Å². The van der Waals surface area contributed by atoms with Gasteiger partial charge in [0.15, 0.2) is 0 Å². The Kier molecular flexibility index (Phi) is 10.0.